The van der Waals surface area contributed by atoms with Crippen LogP contribution in [-0.2, 0) is 9.59 Å². The number of nitrogens with one attached hydrogen (secondary N) is 2. The summed E-state index contributed by atoms with van der Waals surface area (Å²) in [5.41, 5.74) is 0. The third-order valence-electron chi connectivity index (χ3n) is 1.98. The summed E-state index contributed by atoms with van der Waals surface area (Å²) < 4.78 is 0. The highest BCUT2D eigenvalue weighted by molar-refractivity contribution is 5.79. The van der Waals surface area contributed by atoms with Gasteiger partial charge in [0.25, 0.3) is 0 Å². The molecule has 0 saturated heterocycles. The number of aliphatic carboxylic acids is 1. The van der Waals surface area contributed by atoms with Gasteiger partial charge in [-0.3, -0.25) is 14.9 Å². The molecule has 0 aliphatic carbocycles. The molecule has 5 heteroatoms. The van der Waals surface area contributed by atoms with Crippen molar-refractivity contribution < 1.29 is 14.7 Å². The van der Waals surface area contributed by atoms with Crippen LogP contribution in [0, 0.1) is 5.92 Å². The van der Waals surface area contributed by atoms with Crippen LogP contribution in [0.15, 0.2) is 0 Å². The molecule has 5 nitrogen and oxygen atoms in total. The van der Waals surface area contributed by atoms with Gasteiger partial charge in [0.05, 0.1) is 6.54 Å². The number of carboxylic acid groups (broad SMARTS) is 1. The van der Waals surface area contributed by atoms with E-state index in [2.05, 4.69) is 24.5 Å². The Labute approximate surface area is 90.2 Å². The molecule has 1 unspecified atom stereocenters. The number of carboxylic acids is 1. The van der Waals surface area contributed by atoms with Crippen LogP contribution in [0.2, 0.25) is 0 Å². The fourth-order valence-electron chi connectivity index (χ4n) is 0.896. The molecule has 1 amide bonds. The molecule has 0 aromatic carbocycles. The molecule has 15 heavy (non-hydrogen) atoms. The summed E-state index contributed by atoms with van der Waals surface area (Å²) in [6, 6.07) is -0.694. The molecule has 0 saturated carbocycles. The Kier molecular flexibility index (Phi) is 6.70. The number of carbonyl (C=O) groups excluding carboxylic acids is 1. The van der Waals surface area contributed by atoms with Crippen molar-refractivity contribution in [3.8, 4) is 0 Å². The molecule has 0 bridgehead atoms. The van der Waals surface area contributed by atoms with Crippen LogP contribution >= 0.6 is 0 Å². The summed E-state index contributed by atoms with van der Waals surface area (Å²) in [6.45, 7) is 6.35. The Balaban J connectivity index is 3.53. The van der Waals surface area contributed by atoms with E-state index in [9.17, 15) is 9.59 Å². The normalized spacial score (nSPS) is 12.5. The maximum absolute atomic E-state index is 11.2. The second kappa shape index (κ2) is 7.23. The molecule has 0 aromatic rings. The van der Waals surface area contributed by atoms with E-state index in [-0.39, 0.29) is 12.5 Å². The van der Waals surface area contributed by atoms with E-state index < -0.39 is 12.0 Å². The second-order valence-electron chi connectivity index (χ2n) is 3.97. The lowest BCUT2D eigenvalue weighted by Gasteiger charge is -2.10. The molecule has 0 aliphatic rings. The van der Waals surface area contributed by atoms with E-state index in [1.54, 1.807) is 0 Å². The van der Waals surface area contributed by atoms with Gasteiger partial charge in [-0.05, 0) is 19.3 Å². The van der Waals surface area contributed by atoms with E-state index in [1.807, 2.05) is 0 Å². The topological polar surface area (TPSA) is 78.4 Å². The van der Waals surface area contributed by atoms with Crippen molar-refractivity contribution in [1.29, 1.82) is 0 Å². The molecular weight excluding hydrogens is 196 g/mol. The Hall–Kier alpha value is -1.10. The monoisotopic (exact) mass is 216 g/mol. The van der Waals surface area contributed by atoms with Crippen LogP contribution in [0.3, 0.4) is 0 Å². The first kappa shape index (κ1) is 13.9. The van der Waals surface area contributed by atoms with E-state index in [1.165, 1.54) is 6.92 Å². The van der Waals surface area contributed by atoms with Gasteiger partial charge >= 0.3 is 5.97 Å². The molecule has 0 rings (SSSR count). The lowest BCUT2D eigenvalue weighted by Crippen LogP contribution is -2.41. The van der Waals surface area contributed by atoms with Gasteiger partial charge in [-0.15, -0.1) is 0 Å². The lowest BCUT2D eigenvalue weighted by atomic mass is 10.1. The van der Waals surface area contributed by atoms with Crippen molar-refractivity contribution in [1.82, 2.24) is 10.6 Å². The van der Waals surface area contributed by atoms with Gasteiger partial charge in [0.2, 0.25) is 5.91 Å². The standard InChI is InChI=1S/C10H20N2O3/c1-7(2)4-5-11-9(13)6-12-8(3)10(14)15/h7-8,12H,4-6H2,1-3H3,(H,11,13)(H,14,15). The predicted octanol–water partition coefficient (Wildman–Crippen LogP) is 0.211. The smallest absolute Gasteiger partial charge is 0.320 e. The lowest BCUT2D eigenvalue weighted by molar-refractivity contribution is -0.139. The minimum Gasteiger partial charge on any atom is -0.480 e. The van der Waals surface area contributed by atoms with Crippen LogP contribution in [0.25, 0.3) is 0 Å². The Morgan fingerprint density at radius 3 is 2.33 bits per heavy atom. The fourth-order valence-corrected chi connectivity index (χ4v) is 0.896. The molecule has 0 heterocycles. The number of carbonyl (C=O) groups is 2. The van der Waals surface area contributed by atoms with Crippen molar-refractivity contribution in [3.63, 3.8) is 0 Å². The van der Waals surface area contributed by atoms with Gasteiger partial charge in [0.15, 0.2) is 0 Å². The molecule has 0 aromatic heterocycles. The third-order valence-corrected chi connectivity index (χ3v) is 1.98. The zero-order valence-corrected chi connectivity index (χ0v) is 9.54. The highest BCUT2D eigenvalue weighted by Crippen LogP contribution is 1.95. The molecule has 0 spiro atoms. The minimum absolute atomic E-state index is 0.0472. The molecule has 1 atom stereocenters. The van der Waals surface area contributed by atoms with Crippen LogP contribution in [0.5, 0.6) is 0 Å². The van der Waals surface area contributed by atoms with Crippen molar-refractivity contribution >= 4 is 11.9 Å². The Morgan fingerprint density at radius 1 is 1.27 bits per heavy atom. The summed E-state index contributed by atoms with van der Waals surface area (Å²) in [4.78, 5) is 21.6. The maximum Gasteiger partial charge on any atom is 0.320 e. The number of amides is 1. The minimum atomic E-state index is -0.954. The molecule has 0 radical (unpaired) electrons. The van der Waals surface area contributed by atoms with Crippen molar-refractivity contribution in [2.45, 2.75) is 33.2 Å². The van der Waals surface area contributed by atoms with Gasteiger partial charge in [-0.1, -0.05) is 13.8 Å². The second-order valence-corrected chi connectivity index (χ2v) is 3.97. The number of hydrogen-bond donors (Lipinski definition) is 3. The van der Waals surface area contributed by atoms with Crippen LogP contribution in [-0.4, -0.2) is 36.1 Å². The number of hydrogen-bond acceptors (Lipinski definition) is 3. The third kappa shape index (κ3) is 7.93. The van der Waals surface area contributed by atoms with E-state index in [4.69, 9.17) is 5.11 Å². The van der Waals surface area contributed by atoms with Crippen molar-refractivity contribution in [3.05, 3.63) is 0 Å². The van der Waals surface area contributed by atoms with Gasteiger partial charge in [0, 0.05) is 6.54 Å². The molecular formula is C10H20N2O3. The summed E-state index contributed by atoms with van der Waals surface area (Å²) >= 11 is 0. The molecule has 3 N–H and O–H groups in total. The maximum atomic E-state index is 11.2. The van der Waals surface area contributed by atoms with Crippen LogP contribution < -0.4 is 10.6 Å². The Morgan fingerprint density at radius 2 is 1.87 bits per heavy atom. The highest BCUT2D eigenvalue weighted by Gasteiger charge is 2.11. The summed E-state index contributed by atoms with van der Waals surface area (Å²) in [5.74, 6) is -0.565. The summed E-state index contributed by atoms with van der Waals surface area (Å²) in [7, 11) is 0. The zero-order chi connectivity index (χ0) is 11.8. The first-order chi connectivity index (χ1) is 6.93. The van der Waals surface area contributed by atoms with E-state index >= 15 is 0 Å². The first-order valence-electron chi connectivity index (χ1n) is 5.16. The van der Waals surface area contributed by atoms with E-state index in [0.29, 0.717) is 12.5 Å². The van der Waals surface area contributed by atoms with Crippen molar-refractivity contribution in [2.24, 2.45) is 5.92 Å². The van der Waals surface area contributed by atoms with Gasteiger partial charge in [-0.2, -0.15) is 0 Å². The van der Waals surface area contributed by atoms with Crippen molar-refractivity contribution in [2.75, 3.05) is 13.1 Å². The number of rotatable bonds is 7. The van der Waals surface area contributed by atoms with E-state index in [0.717, 1.165) is 6.42 Å². The fraction of sp³-hybridized carbons (Fsp3) is 0.800. The summed E-state index contributed by atoms with van der Waals surface area (Å²) in [6.07, 6.45) is 0.931. The molecule has 88 valence electrons. The first-order valence-corrected chi connectivity index (χ1v) is 5.16. The molecule has 0 aliphatic heterocycles. The van der Waals surface area contributed by atoms with Crippen LogP contribution in [0.1, 0.15) is 27.2 Å². The summed E-state index contributed by atoms with van der Waals surface area (Å²) in [5, 5.41) is 13.9. The zero-order valence-electron chi connectivity index (χ0n) is 9.54. The van der Waals surface area contributed by atoms with Crippen LogP contribution in [0.4, 0.5) is 0 Å². The highest BCUT2D eigenvalue weighted by atomic mass is 16.4. The van der Waals surface area contributed by atoms with Gasteiger partial charge in [-0.25, -0.2) is 0 Å². The average molecular weight is 216 g/mol. The predicted molar refractivity (Wildman–Crippen MR) is 57.6 cm³/mol. The molecule has 0 fully saturated rings. The van der Waals surface area contributed by atoms with Gasteiger partial charge in [0.1, 0.15) is 6.04 Å². The largest absolute Gasteiger partial charge is 0.480 e. The van der Waals surface area contributed by atoms with Gasteiger partial charge < -0.3 is 10.4 Å². The Bertz CT molecular complexity index is 217. The quantitative estimate of drug-likeness (QED) is 0.568. The SMILES string of the molecule is CC(C)CCNC(=O)CNC(C)C(=O)O. The average Bonchev–Trinajstić information content (AvgIpc) is 2.13.